The van der Waals surface area contributed by atoms with Gasteiger partial charge in [-0.25, -0.2) is 4.98 Å². The van der Waals surface area contributed by atoms with Gasteiger partial charge in [-0.1, -0.05) is 36.4 Å². The molecule has 0 bridgehead atoms. The SMILES string of the molecule is CC(Nc1cncc(-c2cccc(N)n2)c1)c1ccccc1. The molecule has 1 unspecified atom stereocenters. The van der Waals surface area contributed by atoms with Crippen molar-refractivity contribution in [3.63, 3.8) is 0 Å². The molecule has 3 aromatic rings. The van der Waals surface area contributed by atoms with Gasteiger partial charge >= 0.3 is 0 Å². The van der Waals surface area contributed by atoms with Crippen molar-refractivity contribution in [2.24, 2.45) is 0 Å². The Morgan fingerprint density at radius 3 is 2.59 bits per heavy atom. The van der Waals surface area contributed by atoms with Crippen molar-refractivity contribution in [2.75, 3.05) is 11.1 Å². The fourth-order valence-electron chi connectivity index (χ4n) is 2.35. The third kappa shape index (κ3) is 3.23. The van der Waals surface area contributed by atoms with Gasteiger partial charge in [0.05, 0.1) is 11.4 Å². The molecule has 3 rings (SSSR count). The molecule has 4 heteroatoms. The molecule has 0 aliphatic rings. The first-order valence-corrected chi connectivity index (χ1v) is 7.22. The summed E-state index contributed by atoms with van der Waals surface area (Å²) in [6.07, 6.45) is 3.61. The molecule has 1 atom stereocenters. The maximum atomic E-state index is 5.74. The Morgan fingerprint density at radius 1 is 1.00 bits per heavy atom. The molecule has 0 saturated heterocycles. The summed E-state index contributed by atoms with van der Waals surface area (Å²) in [6.45, 7) is 2.13. The number of hydrogen-bond donors (Lipinski definition) is 2. The number of aromatic nitrogens is 2. The molecule has 2 heterocycles. The van der Waals surface area contributed by atoms with Crippen LogP contribution in [0.2, 0.25) is 0 Å². The minimum atomic E-state index is 0.201. The normalized spacial score (nSPS) is 11.9. The minimum absolute atomic E-state index is 0.201. The first-order chi connectivity index (χ1) is 10.7. The molecule has 2 aromatic heterocycles. The summed E-state index contributed by atoms with van der Waals surface area (Å²) in [5.41, 5.74) is 9.70. The van der Waals surface area contributed by atoms with Gasteiger partial charge in [-0.05, 0) is 30.7 Å². The standard InChI is InChI=1S/C18H18N4/c1-13(14-6-3-2-4-7-14)21-16-10-15(11-20-12-16)17-8-5-9-18(19)22-17/h2-13,21H,1H3,(H2,19,22). The lowest BCUT2D eigenvalue weighted by atomic mass is 10.1. The highest BCUT2D eigenvalue weighted by Crippen LogP contribution is 2.23. The van der Waals surface area contributed by atoms with Crippen molar-refractivity contribution < 1.29 is 0 Å². The molecule has 22 heavy (non-hydrogen) atoms. The van der Waals surface area contributed by atoms with E-state index >= 15 is 0 Å². The monoisotopic (exact) mass is 290 g/mol. The molecular weight excluding hydrogens is 272 g/mol. The molecule has 0 aliphatic carbocycles. The zero-order valence-electron chi connectivity index (χ0n) is 12.4. The zero-order chi connectivity index (χ0) is 15.4. The number of rotatable bonds is 4. The van der Waals surface area contributed by atoms with Crippen LogP contribution in [-0.4, -0.2) is 9.97 Å². The minimum Gasteiger partial charge on any atom is -0.384 e. The van der Waals surface area contributed by atoms with Crippen LogP contribution in [0.1, 0.15) is 18.5 Å². The summed E-state index contributed by atoms with van der Waals surface area (Å²) in [6, 6.07) is 18.1. The van der Waals surface area contributed by atoms with Crippen molar-refractivity contribution in [1.29, 1.82) is 0 Å². The van der Waals surface area contributed by atoms with Crippen molar-refractivity contribution in [3.8, 4) is 11.3 Å². The van der Waals surface area contributed by atoms with Gasteiger partial charge in [0.2, 0.25) is 0 Å². The molecule has 1 aromatic carbocycles. The van der Waals surface area contributed by atoms with E-state index in [0.717, 1.165) is 16.9 Å². The summed E-state index contributed by atoms with van der Waals surface area (Å²) in [5, 5.41) is 3.46. The lowest BCUT2D eigenvalue weighted by Gasteiger charge is -2.16. The van der Waals surface area contributed by atoms with Gasteiger partial charge in [0.15, 0.2) is 0 Å². The van der Waals surface area contributed by atoms with E-state index in [2.05, 4.69) is 34.3 Å². The third-order valence-electron chi connectivity index (χ3n) is 3.49. The van der Waals surface area contributed by atoms with Crippen LogP contribution in [0.5, 0.6) is 0 Å². The van der Waals surface area contributed by atoms with E-state index in [9.17, 15) is 0 Å². The van der Waals surface area contributed by atoms with Crippen molar-refractivity contribution in [2.45, 2.75) is 13.0 Å². The van der Waals surface area contributed by atoms with E-state index < -0.39 is 0 Å². The first-order valence-electron chi connectivity index (χ1n) is 7.22. The quantitative estimate of drug-likeness (QED) is 0.765. The highest BCUT2D eigenvalue weighted by molar-refractivity contribution is 5.64. The molecule has 0 amide bonds. The number of nitrogens with zero attached hydrogens (tertiary/aromatic N) is 2. The summed E-state index contributed by atoms with van der Waals surface area (Å²) in [4.78, 5) is 8.63. The fraction of sp³-hybridized carbons (Fsp3) is 0.111. The highest BCUT2D eigenvalue weighted by Gasteiger charge is 2.06. The van der Waals surface area contributed by atoms with Gasteiger partial charge in [-0.15, -0.1) is 0 Å². The number of pyridine rings is 2. The summed E-state index contributed by atoms with van der Waals surface area (Å²) in [7, 11) is 0. The molecule has 0 spiro atoms. The number of nitrogens with one attached hydrogen (secondary N) is 1. The second-order valence-electron chi connectivity index (χ2n) is 5.19. The lowest BCUT2D eigenvalue weighted by Crippen LogP contribution is -2.06. The lowest BCUT2D eigenvalue weighted by molar-refractivity contribution is 0.883. The van der Waals surface area contributed by atoms with E-state index in [-0.39, 0.29) is 6.04 Å². The van der Waals surface area contributed by atoms with E-state index in [1.165, 1.54) is 5.56 Å². The van der Waals surface area contributed by atoms with Crippen LogP contribution in [-0.2, 0) is 0 Å². The number of nitrogen functional groups attached to an aromatic ring is 1. The Bertz CT molecular complexity index is 756. The van der Waals surface area contributed by atoms with Crippen LogP contribution < -0.4 is 11.1 Å². The van der Waals surface area contributed by atoms with Crippen molar-refractivity contribution in [3.05, 3.63) is 72.6 Å². The number of nitrogens with two attached hydrogens (primary N) is 1. The predicted molar refractivity (Wildman–Crippen MR) is 90.4 cm³/mol. The molecule has 3 N–H and O–H groups in total. The van der Waals surface area contributed by atoms with Gasteiger partial charge in [-0.2, -0.15) is 0 Å². The first kappa shape index (κ1) is 14.1. The average molecular weight is 290 g/mol. The number of hydrogen-bond acceptors (Lipinski definition) is 4. The van der Waals surface area contributed by atoms with Crippen LogP contribution in [0.25, 0.3) is 11.3 Å². The van der Waals surface area contributed by atoms with Crippen LogP contribution in [0.3, 0.4) is 0 Å². The Balaban J connectivity index is 1.83. The van der Waals surface area contributed by atoms with Gasteiger partial charge in [0, 0.05) is 24.0 Å². The molecular formula is C18H18N4. The maximum Gasteiger partial charge on any atom is 0.124 e. The number of anilines is 2. The van der Waals surface area contributed by atoms with E-state index in [1.807, 2.05) is 42.6 Å². The molecule has 0 aliphatic heterocycles. The maximum absolute atomic E-state index is 5.74. The van der Waals surface area contributed by atoms with Gasteiger partial charge in [0.1, 0.15) is 5.82 Å². The Kier molecular flexibility index (Phi) is 4.01. The summed E-state index contributed by atoms with van der Waals surface area (Å²) in [5.74, 6) is 0.508. The predicted octanol–water partition coefficient (Wildman–Crippen LogP) is 3.90. The molecule has 110 valence electrons. The second-order valence-corrected chi connectivity index (χ2v) is 5.19. The average Bonchev–Trinajstić information content (AvgIpc) is 2.56. The topological polar surface area (TPSA) is 63.8 Å². The third-order valence-corrected chi connectivity index (χ3v) is 3.49. The van der Waals surface area contributed by atoms with Crippen molar-refractivity contribution in [1.82, 2.24) is 9.97 Å². The number of benzene rings is 1. The van der Waals surface area contributed by atoms with Gasteiger partial charge < -0.3 is 11.1 Å². The summed E-state index contributed by atoms with van der Waals surface area (Å²) < 4.78 is 0. The molecule has 0 saturated carbocycles. The smallest absolute Gasteiger partial charge is 0.124 e. The molecule has 0 fully saturated rings. The summed E-state index contributed by atoms with van der Waals surface area (Å²) >= 11 is 0. The van der Waals surface area contributed by atoms with Crippen LogP contribution >= 0.6 is 0 Å². The van der Waals surface area contributed by atoms with E-state index in [4.69, 9.17) is 5.73 Å². The van der Waals surface area contributed by atoms with Crippen molar-refractivity contribution >= 4 is 11.5 Å². The Hall–Kier alpha value is -2.88. The zero-order valence-corrected chi connectivity index (χ0v) is 12.4. The van der Waals surface area contributed by atoms with E-state index in [0.29, 0.717) is 5.82 Å². The Labute approximate surface area is 130 Å². The van der Waals surface area contributed by atoms with Crippen LogP contribution in [0.15, 0.2) is 67.0 Å². The fourth-order valence-corrected chi connectivity index (χ4v) is 2.35. The van der Waals surface area contributed by atoms with E-state index in [1.54, 1.807) is 12.3 Å². The molecule has 4 nitrogen and oxygen atoms in total. The molecule has 0 radical (unpaired) electrons. The van der Waals surface area contributed by atoms with Gasteiger partial charge in [-0.3, -0.25) is 4.98 Å². The Morgan fingerprint density at radius 2 is 1.82 bits per heavy atom. The van der Waals surface area contributed by atoms with Crippen LogP contribution in [0.4, 0.5) is 11.5 Å². The van der Waals surface area contributed by atoms with Gasteiger partial charge in [0.25, 0.3) is 0 Å². The second kappa shape index (κ2) is 6.26. The highest BCUT2D eigenvalue weighted by atomic mass is 14.9. The largest absolute Gasteiger partial charge is 0.384 e. The van der Waals surface area contributed by atoms with Crippen LogP contribution in [0, 0.1) is 0 Å².